The van der Waals surface area contributed by atoms with Crippen LogP contribution in [-0.4, -0.2) is 56.6 Å². The molecule has 1 aliphatic heterocycles. The van der Waals surface area contributed by atoms with Gasteiger partial charge in [0.25, 0.3) is 0 Å². The van der Waals surface area contributed by atoms with Crippen LogP contribution < -0.4 is 5.32 Å². The Bertz CT molecular complexity index is 714. The molecule has 0 radical (unpaired) electrons. The third kappa shape index (κ3) is 4.90. The molecule has 7 heteroatoms. The van der Waals surface area contributed by atoms with Gasteiger partial charge in [-0.1, -0.05) is 19.3 Å². The molecule has 0 spiro atoms. The zero-order chi connectivity index (χ0) is 20.1. The normalized spacial score (nSPS) is 22.1. The van der Waals surface area contributed by atoms with Crippen LogP contribution in [0.2, 0.25) is 0 Å². The average Bonchev–Trinajstić information content (AvgIpc) is 2.72. The van der Waals surface area contributed by atoms with Gasteiger partial charge in [0.15, 0.2) is 0 Å². The first-order chi connectivity index (χ1) is 13.5. The minimum atomic E-state index is -0.583. The average molecular weight is 388 g/mol. The van der Waals surface area contributed by atoms with Crippen molar-refractivity contribution in [3.63, 3.8) is 0 Å². The molecule has 1 saturated carbocycles. The molecular formula is C21H28N2O5. The summed E-state index contributed by atoms with van der Waals surface area (Å²) in [5, 5.41) is 2.80. The van der Waals surface area contributed by atoms with Crippen LogP contribution >= 0.6 is 0 Å². The van der Waals surface area contributed by atoms with Crippen LogP contribution in [0.4, 0.5) is 5.69 Å². The summed E-state index contributed by atoms with van der Waals surface area (Å²) in [7, 11) is 2.53. The maximum atomic E-state index is 12.6. The van der Waals surface area contributed by atoms with Gasteiger partial charge in [0, 0.05) is 12.2 Å². The van der Waals surface area contributed by atoms with Gasteiger partial charge >= 0.3 is 11.9 Å². The zero-order valence-electron chi connectivity index (χ0n) is 16.5. The molecule has 1 heterocycles. The second kappa shape index (κ2) is 9.19. The summed E-state index contributed by atoms with van der Waals surface area (Å²) >= 11 is 0. The van der Waals surface area contributed by atoms with Crippen LogP contribution in [0.3, 0.4) is 0 Å². The van der Waals surface area contributed by atoms with Gasteiger partial charge in [-0.25, -0.2) is 9.59 Å². The molecule has 2 aliphatic rings. The van der Waals surface area contributed by atoms with Gasteiger partial charge in [-0.2, -0.15) is 0 Å². The highest BCUT2D eigenvalue weighted by Gasteiger charge is 2.31. The van der Waals surface area contributed by atoms with Crippen molar-refractivity contribution in [1.82, 2.24) is 4.90 Å². The van der Waals surface area contributed by atoms with E-state index in [1.165, 1.54) is 58.1 Å². The van der Waals surface area contributed by atoms with Gasteiger partial charge in [0.05, 0.1) is 31.9 Å². The second-order valence-corrected chi connectivity index (χ2v) is 7.66. The molecule has 2 atom stereocenters. The number of anilines is 1. The van der Waals surface area contributed by atoms with E-state index in [-0.39, 0.29) is 17.0 Å². The number of hydrogen-bond acceptors (Lipinski definition) is 6. The fourth-order valence-electron chi connectivity index (χ4n) is 4.39. The van der Waals surface area contributed by atoms with E-state index in [4.69, 9.17) is 9.47 Å². The molecule has 1 aromatic rings. The van der Waals surface area contributed by atoms with Crippen LogP contribution in [0.25, 0.3) is 0 Å². The summed E-state index contributed by atoms with van der Waals surface area (Å²) in [4.78, 5) is 38.5. The number of rotatable bonds is 5. The Morgan fingerprint density at radius 3 is 2.18 bits per heavy atom. The third-order valence-corrected chi connectivity index (χ3v) is 5.80. The smallest absolute Gasteiger partial charge is 0.337 e. The molecule has 3 rings (SSSR count). The van der Waals surface area contributed by atoms with E-state index < -0.39 is 11.9 Å². The molecule has 0 unspecified atom stereocenters. The van der Waals surface area contributed by atoms with Crippen molar-refractivity contribution >= 4 is 23.5 Å². The number of carbonyl (C=O) groups excluding carboxylic acids is 3. The molecule has 1 saturated heterocycles. The molecule has 28 heavy (non-hydrogen) atoms. The van der Waals surface area contributed by atoms with E-state index in [0.717, 1.165) is 25.4 Å². The number of nitrogens with zero attached hydrogens (tertiary/aromatic N) is 1. The maximum Gasteiger partial charge on any atom is 0.337 e. The SMILES string of the molecule is COC(=O)c1cc(NC(=O)CN2CC[C@H]3CCCC[C@@H]3C2)cc(C(=O)OC)c1. The Hall–Kier alpha value is -2.41. The number of ether oxygens (including phenoxy) is 2. The molecule has 1 aromatic carbocycles. The van der Waals surface area contributed by atoms with E-state index in [0.29, 0.717) is 18.2 Å². The molecule has 1 amide bonds. The predicted octanol–water partition coefficient (Wildman–Crippen LogP) is 2.71. The van der Waals surface area contributed by atoms with Crippen LogP contribution in [0.5, 0.6) is 0 Å². The number of esters is 2. The number of piperidine rings is 1. The summed E-state index contributed by atoms with van der Waals surface area (Å²) in [5.41, 5.74) is 0.744. The number of fused-ring (bicyclic) bond motifs is 1. The first-order valence-corrected chi connectivity index (χ1v) is 9.84. The second-order valence-electron chi connectivity index (χ2n) is 7.66. The van der Waals surface area contributed by atoms with Crippen molar-refractivity contribution in [2.24, 2.45) is 11.8 Å². The number of methoxy groups -OCH3 is 2. The summed E-state index contributed by atoms with van der Waals surface area (Å²) in [6.45, 7) is 2.21. The Kier molecular flexibility index (Phi) is 6.67. The fourth-order valence-corrected chi connectivity index (χ4v) is 4.39. The van der Waals surface area contributed by atoms with Gasteiger partial charge < -0.3 is 14.8 Å². The lowest BCUT2D eigenvalue weighted by Crippen LogP contribution is -2.44. The molecule has 7 nitrogen and oxygen atoms in total. The molecule has 2 fully saturated rings. The van der Waals surface area contributed by atoms with Crippen LogP contribution in [-0.2, 0) is 14.3 Å². The van der Waals surface area contributed by atoms with Crippen molar-refractivity contribution in [3.05, 3.63) is 29.3 Å². The monoisotopic (exact) mass is 388 g/mol. The van der Waals surface area contributed by atoms with E-state index in [2.05, 4.69) is 10.2 Å². The molecule has 1 aliphatic carbocycles. The zero-order valence-corrected chi connectivity index (χ0v) is 16.5. The van der Waals surface area contributed by atoms with Gasteiger partial charge in [0.1, 0.15) is 0 Å². The highest BCUT2D eigenvalue weighted by Crippen LogP contribution is 2.35. The number of amides is 1. The number of hydrogen-bond donors (Lipinski definition) is 1. The summed E-state index contributed by atoms with van der Waals surface area (Å²) in [6.07, 6.45) is 6.36. The maximum absolute atomic E-state index is 12.6. The van der Waals surface area contributed by atoms with Crippen molar-refractivity contribution in [2.45, 2.75) is 32.1 Å². The Morgan fingerprint density at radius 2 is 1.57 bits per heavy atom. The fraction of sp³-hybridized carbons (Fsp3) is 0.571. The first-order valence-electron chi connectivity index (χ1n) is 9.84. The first kappa shape index (κ1) is 20.3. The summed E-state index contributed by atoms with van der Waals surface area (Å²) in [5.74, 6) is 0.185. The number of carbonyl (C=O) groups is 3. The van der Waals surface area contributed by atoms with Crippen LogP contribution in [0.1, 0.15) is 52.8 Å². The molecule has 0 aromatic heterocycles. The van der Waals surface area contributed by atoms with Gasteiger partial charge in [-0.05, 0) is 49.4 Å². The topological polar surface area (TPSA) is 84.9 Å². The molecular weight excluding hydrogens is 360 g/mol. The van der Waals surface area contributed by atoms with Crippen molar-refractivity contribution < 1.29 is 23.9 Å². The highest BCUT2D eigenvalue weighted by atomic mass is 16.5. The standard InChI is InChI=1S/C21H28N2O5/c1-27-20(25)16-9-17(21(26)28-2)11-18(10-16)22-19(24)13-23-8-7-14-5-3-4-6-15(14)12-23/h9-11,14-15H,3-8,12-13H2,1-2H3,(H,22,24)/t14-,15-/m1/s1. The van der Waals surface area contributed by atoms with E-state index in [9.17, 15) is 14.4 Å². The van der Waals surface area contributed by atoms with Gasteiger partial charge in [-0.3, -0.25) is 9.69 Å². The molecule has 152 valence electrons. The van der Waals surface area contributed by atoms with Crippen molar-refractivity contribution in [2.75, 3.05) is 39.2 Å². The minimum absolute atomic E-state index is 0.160. The summed E-state index contributed by atoms with van der Waals surface area (Å²) in [6, 6.07) is 4.40. The van der Waals surface area contributed by atoms with E-state index in [1.807, 2.05) is 0 Å². The quantitative estimate of drug-likeness (QED) is 0.781. The molecule has 1 N–H and O–H groups in total. The lowest BCUT2D eigenvalue weighted by atomic mass is 9.75. The highest BCUT2D eigenvalue weighted by molar-refractivity contribution is 5.99. The van der Waals surface area contributed by atoms with E-state index in [1.54, 1.807) is 0 Å². The third-order valence-electron chi connectivity index (χ3n) is 5.80. The Labute approximate surface area is 165 Å². The number of benzene rings is 1. The number of likely N-dealkylation sites (tertiary alicyclic amines) is 1. The van der Waals surface area contributed by atoms with Crippen LogP contribution in [0, 0.1) is 11.8 Å². The molecule has 0 bridgehead atoms. The largest absolute Gasteiger partial charge is 0.465 e. The predicted molar refractivity (Wildman–Crippen MR) is 104 cm³/mol. The summed E-state index contributed by atoms with van der Waals surface area (Å²) < 4.78 is 9.45. The Morgan fingerprint density at radius 1 is 0.964 bits per heavy atom. The lowest BCUT2D eigenvalue weighted by molar-refractivity contribution is -0.118. The van der Waals surface area contributed by atoms with Crippen LogP contribution in [0.15, 0.2) is 18.2 Å². The Balaban J connectivity index is 1.65. The number of nitrogens with one attached hydrogen (secondary N) is 1. The van der Waals surface area contributed by atoms with E-state index >= 15 is 0 Å². The van der Waals surface area contributed by atoms with Gasteiger partial charge in [-0.15, -0.1) is 0 Å². The minimum Gasteiger partial charge on any atom is -0.465 e. The lowest BCUT2D eigenvalue weighted by Gasteiger charge is -2.41. The van der Waals surface area contributed by atoms with Gasteiger partial charge in [0.2, 0.25) is 5.91 Å². The van der Waals surface area contributed by atoms with Crippen molar-refractivity contribution in [1.29, 1.82) is 0 Å². The van der Waals surface area contributed by atoms with Crippen molar-refractivity contribution in [3.8, 4) is 0 Å².